The fraction of sp³-hybridized carbons (Fsp3) is 0.268. The van der Waals surface area contributed by atoms with Crippen molar-refractivity contribution in [2.45, 2.75) is 59.3 Å². The molecule has 47 heavy (non-hydrogen) atoms. The number of ketones is 1. The van der Waals surface area contributed by atoms with Crippen LogP contribution in [0.5, 0.6) is 0 Å². The standard InChI is InChI=1S/C28H14F2N.C13H24O2.Ir/c29-28(30)24-14-18-7-2-1-6-17(18)13-23(24)27-26-21(11-12-31-27)20-10-9-16-5-3-4-8-19(16)22(20)15-25(26)28;1-5-10(6-2)12(14)9-13(15)11(7-3)8-4;/h1-12,14-15H;9-11,14H,5-8H2,1-4H3;/q-1;;/b;12-9-;. The van der Waals surface area contributed by atoms with Crippen molar-refractivity contribution < 1.29 is 38.8 Å². The molecule has 3 nitrogen and oxygen atoms in total. The SMILES string of the molecule is CCC(CC)C(=O)/C=C(\O)C(CC)CC.FC1(F)c2cc3ccccc3[c-]c2-c2nccc3c2c1cc1c2ccccc2ccc31.[Ir]. The van der Waals surface area contributed by atoms with Crippen LogP contribution in [0.2, 0.25) is 0 Å². The van der Waals surface area contributed by atoms with E-state index in [1.807, 2.05) is 94.4 Å². The number of halogens is 2. The molecule has 0 atom stereocenters. The van der Waals surface area contributed by atoms with Crippen LogP contribution in [-0.4, -0.2) is 15.9 Å². The number of aromatic nitrogens is 1. The van der Waals surface area contributed by atoms with E-state index < -0.39 is 5.92 Å². The average molecular weight is 807 g/mol. The maximum Gasteiger partial charge on any atom is 0.273 e. The van der Waals surface area contributed by atoms with E-state index in [-0.39, 0.29) is 54.6 Å². The zero-order valence-electron chi connectivity index (χ0n) is 27.0. The molecule has 0 saturated heterocycles. The summed E-state index contributed by atoms with van der Waals surface area (Å²) in [7, 11) is 0. The van der Waals surface area contributed by atoms with Crippen molar-refractivity contribution in [3.8, 4) is 11.3 Å². The molecule has 0 saturated carbocycles. The van der Waals surface area contributed by atoms with Crippen LogP contribution in [0.3, 0.4) is 0 Å². The minimum absolute atomic E-state index is 0. The number of nitrogens with zero attached hydrogens (tertiary/aromatic N) is 1. The first-order chi connectivity index (χ1) is 22.2. The molecule has 5 aromatic carbocycles. The number of hydrogen-bond donors (Lipinski definition) is 1. The fourth-order valence-electron chi connectivity index (χ4n) is 6.82. The van der Waals surface area contributed by atoms with E-state index in [9.17, 15) is 9.90 Å². The number of carbonyl (C=O) groups is 1. The molecule has 1 aliphatic carbocycles. The topological polar surface area (TPSA) is 50.2 Å². The van der Waals surface area contributed by atoms with Crippen LogP contribution in [0.15, 0.2) is 96.9 Å². The minimum atomic E-state index is -3.14. The van der Waals surface area contributed by atoms with Gasteiger partial charge in [0.2, 0.25) is 0 Å². The summed E-state index contributed by atoms with van der Waals surface area (Å²) >= 11 is 0. The molecule has 243 valence electrons. The third kappa shape index (κ3) is 6.10. The van der Waals surface area contributed by atoms with E-state index in [1.165, 1.54) is 6.08 Å². The van der Waals surface area contributed by atoms with Gasteiger partial charge in [-0.25, -0.2) is 8.78 Å². The number of hydrogen-bond acceptors (Lipinski definition) is 3. The van der Waals surface area contributed by atoms with Crippen molar-refractivity contribution in [1.82, 2.24) is 4.98 Å². The van der Waals surface area contributed by atoms with E-state index in [0.29, 0.717) is 16.6 Å². The van der Waals surface area contributed by atoms with Gasteiger partial charge in [-0.1, -0.05) is 93.2 Å². The summed E-state index contributed by atoms with van der Waals surface area (Å²) in [6.45, 7) is 8.07. The monoisotopic (exact) mass is 807 g/mol. The number of rotatable bonds is 7. The zero-order chi connectivity index (χ0) is 32.6. The molecule has 0 fully saturated rings. The molecule has 1 heterocycles. The Morgan fingerprint density at radius 3 is 2.15 bits per heavy atom. The number of alkyl halides is 2. The van der Waals surface area contributed by atoms with Gasteiger partial charge in [0.05, 0.1) is 5.76 Å². The fourth-order valence-corrected chi connectivity index (χ4v) is 6.82. The summed E-state index contributed by atoms with van der Waals surface area (Å²) in [4.78, 5) is 16.3. The van der Waals surface area contributed by atoms with E-state index in [1.54, 1.807) is 18.3 Å². The van der Waals surface area contributed by atoms with E-state index in [2.05, 4.69) is 11.1 Å². The van der Waals surface area contributed by atoms with Gasteiger partial charge in [-0.2, -0.15) is 0 Å². The predicted octanol–water partition coefficient (Wildman–Crippen LogP) is 11.5. The Hall–Kier alpha value is -3.99. The smallest absolute Gasteiger partial charge is 0.273 e. The molecule has 1 radical (unpaired) electrons. The molecule has 0 unspecified atom stereocenters. The number of aliphatic hydroxyl groups is 1. The number of benzene rings is 5. The molecule has 1 aliphatic rings. The second-order valence-corrected chi connectivity index (χ2v) is 12.1. The molecular formula is C41H38F2IrNO2-. The second kappa shape index (κ2) is 14.0. The van der Waals surface area contributed by atoms with Crippen LogP contribution >= 0.6 is 0 Å². The molecule has 0 amide bonds. The third-order valence-electron chi connectivity index (χ3n) is 9.55. The summed E-state index contributed by atoms with van der Waals surface area (Å²) < 4.78 is 32.1. The Labute approximate surface area is 288 Å². The Kier molecular flexibility index (Phi) is 10.2. The molecule has 0 aliphatic heterocycles. The zero-order valence-corrected chi connectivity index (χ0v) is 29.4. The van der Waals surface area contributed by atoms with E-state index >= 15 is 8.78 Å². The molecule has 0 bridgehead atoms. The van der Waals surface area contributed by atoms with Gasteiger partial charge in [0.25, 0.3) is 5.92 Å². The molecule has 0 spiro atoms. The van der Waals surface area contributed by atoms with Gasteiger partial charge in [0.15, 0.2) is 5.78 Å². The molecule has 6 aromatic rings. The minimum Gasteiger partial charge on any atom is -0.512 e. The van der Waals surface area contributed by atoms with Gasteiger partial charge >= 0.3 is 0 Å². The molecule has 1 N–H and O–H groups in total. The van der Waals surface area contributed by atoms with Crippen LogP contribution in [0.25, 0.3) is 54.3 Å². The summed E-state index contributed by atoms with van der Waals surface area (Å²) in [5.41, 5.74) is 0.958. The maximum atomic E-state index is 16.1. The predicted molar refractivity (Wildman–Crippen MR) is 185 cm³/mol. The Balaban J connectivity index is 0.000000234. The maximum absolute atomic E-state index is 16.1. The van der Waals surface area contributed by atoms with Gasteiger partial charge in [0, 0.05) is 55.5 Å². The molecule has 1 aromatic heterocycles. The first-order valence-corrected chi connectivity index (χ1v) is 16.2. The van der Waals surface area contributed by atoms with Crippen molar-refractivity contribution in [2.75, 3.05) is 0 Å². The number of aliphatic hydroxyl groups excluding tert-OH is 1. The van der Waals surface area contributed by atoms with Gasteiger partial charge in [-0.05, 0) is 75.7 Å². The molecule has 6 heteroatoms. The second-order valence-electron chi connectivity index (χ2n) is 12.1. The van der Waals surface area contributed by atoms with Crippen molar-refractivity contribution >= 4 is 48.9 Å². The van der Waals surface area contributed by atoms with E-state index in [0.717, 1.165) is 63.4 Å². The van der Waals surface area contributed by atoms with Crippen molar-refractivity contribution in [2.24, 2.45) is 11.8 Å². The molecular weight excluding hydrogens is 769 g/mol. The van der Waals surface area contributed by atoms with Crippen LogP contribution in [-0.2, 0) is 30.8 Å². The summed E-state index contributed by atoms with van der Waals surface area (Å²) in [6, 6.07) is 27.8. The normalized spacial score (nSPS) is 13.5. The first-order valence-electron chi connectivity index (χ1n) is 16.2. The van der Waals surface area contributed by atoms with Gasteiger partial charge < -0.3 is 5.11 Å². The van der Waals surface area contributed by atoms with E-state index in [4.69, 9.17) is 0 Å². The Morgan fingerprint density at radius 1 is 0.787 bits per heavy atom. The largest absolute Gasteiger partial charge is 0.512 e. The van der Waals surface area contributed by atoms with Gasteiger partial charge in [-0.15, -0.1) is 23.6 Å². The van der Waals surface area contributed by atoms with Crippen LogP contribution in [0.1, 0.15) is 64.5 Å². The summed E-state index contributed by atoms with van der Waals surface area (Å²) in [6.07, 6.45) is 6.62. The first kappa shape index (κ1) is 34.3. The average Bonchev–Trinajstić information content (AvgIpc) is 3.07. The Bertz CT molecular complexity index is 2130. The summed E-state index contributed by atoms with van der Waals surface area (Å²) in [5, 5.41) is 16.5. The number of fused-ring (bicyclic) bond motifs is 7. The number of allylic oxidation sites excluding steroid dienone is 2. The third-order valence-corrected chi connectivity index (χ3v) is 9.55. The van der Waals surface area contributed by atoms with Crippen molar-refractivity contribution in [3.05, 3.63) is 114 Å². The van der Waals surface area contributed by atoms with Crippen LogP contribution in [0, 0.1) is 17.9 Å². The summed E-state index contributed by atoms with van der Waals surface area (Å²) in [5.74, 6) is -2.60. The number of pyridine rings is 1. The van der Waals surface area contributed by atoms with Crippen molar-refractivity contribution in [1.29, 1.82) is 0 Å². The Morgan fingerprint density at radius 2 is 1.45 bits per heavy atom. The van der Waals surface area contributed by atoms with Gasteiger partial charge in [0.1, 0.15) is 0 Å². The van der Waals surface area contributed by atoms with Crippen LogP contribution < -0.4 is 0 Å². The molecule has 7 rings (SSSR count). The van der Waals surface area contributed by atoms with Crippen LogP contribution in [0.4, 0.5) is 8.78 Å². The van der Waals surface area contributed by atoms with Gasteiger partial charge in [-0.3, -0.25) is 9.78 Å². The quantitative estimate of drug-likeness (QED) is 0.0757. The van der Waals surface area contributed by atoms with Crippen molar-refractivity contribution in [3.63, 3.8) is 0 Å². The number of carbonyl (C=O) groups excluding carboxylic acids is 1.